The number of hydrogen-bond acceptors (Lipinski definition) is 6. The first-order chi connectivity index (χ1) is 21.8. The maximum absolute atomic E-state index is 11.6. The number of rotatable bonds is 10. The first kappa shape index (κ1) is 32.8. The Hall–Kier alpha value is -4.54. The van der Waals surface area contributed by atoms with E-state index in [1.54, 1.807) is 14.2 Å². The van der Waals surface area contributed by atoms with E-state index >= 15 is 0 Å². The number of aliphatic carboxylic acids is 2. The van der Waals surface area contributed by atoms with Crippen LogP contribution in [0.3, 0.4) is 0 Å². The highest BCUT2D eigenvalue weighted by Crippen LogP contribution is 2.38. The summed E-state index contributed by atoms with van der Waals surface area (Å²) in [5.41, 5.74) is 13.8. The van der Waals surface area contributed by atoms with Crippen LogP contribution in [0, 0.1) is 13.8 Å². The van der Waals surface area contributed by atoms with Crippen LogP contribution < -0.4 is 0 Å². The van der Waals surface area contributed by atoms with E-state index in [1.807, 2.05) is 58.9 Å². The van der Waals surface area contributed by atoms with Crippen LogP contribution in [0.15, 0.2) is 24.3 Å². The molecule has 5 heterocycles. The standard InChI is InChI=1S/C36H42N4O6/c1-17-23(9-11-33(41)42)29-16-30-24(10-12-34(43)44)18(2)26(38-30)14-31-36(22(6)46-8)20(4)28(40-31)15-32-35(21(5)45-7)19(3)27(39-32)13-25(17)37-29/h13-16,21-22,38-39H,9-12H2,1-8H3,(H,41,42)(H,43,44). The van der Waals surface area contributed by atoms with Gasteiger partial charge in [-0.3, -0.25) is 9.59 Å². The third-order valence-electron chi connectivity index (χ3n) is 9.33. The van der Waals surface area contributed by atoms with Crippen molar-refractivity contribution < 1.29 is 29.3 Å². The van der Waals surface area contributed by atoms with Crippen molar-refractivity contribution in [1.29, 1.82) is 0 Å². The molecule has 242 valence electrons. The number of carboxylic acid groups (broad SMARTS) is 2. The zero-order chi connectivity index (χ0) is 33.4. The average Bonchev–Trinajstić information content (AvgIpc) is 3.67. The number of aryl methyl sites for hydroxylation is 3. The van der Waals surface area contributed by atoms with E-state index in [9.17, 15) is 19.8 Å². The summed E-state index contributed by atoms with van der Waals surface area (Å²) in [5, 5.41) is 19.1. The number of allylic oxidation sites excluding steroid dienone is 3. The van der Waals surface area contributed by atoms with Gasteiger partial charge in [0.15, 0.2) is 0 Å². The lowest BCUT2D eigenvalue weighted by molar-refractivity contribution is -0.137. The van der Waals surface area contributed by atoms with Crippen LogP contribution in [0.2, 0.25) is 0 Å². The van der Waals surface area contributed by atoms with Gasteiger partial charge >= 0.3 is 11.9 Å². The summed E-state index contributed by atoms with van der Waals surface area (Å²) in [6.45, 7) is 12.1. The molecule has 4 N–H and O–H groups in total. The highest BCUT2D eigenvalue weighted by Gasteiger charge is 2.24. The molecule has 0 saturated carbocycles. The van der Waals surface area contributed by atoms with Crippen molar-refractivity contribution in [3.05, 3.63) is 69.3 Å². The molecule has 3 aromatic rings. The largest absolute Gasteiger partial charge is 0.481 e. The van der Waals surface area contributed by atoms with E-state index in [2.05, 4.69) is 16.9 Å². The molecule has 8 bridgehead atoms. The number of fused-ring (bicyclic) bond motifs is 8. The Labute approximate surface area is 268 Å². The van der Waals surface area contributed by atoms with E-state index in [-0.39, 0.29) is 25.0 Å². The summed E-state index contributed by atoms with van der Waals surface area (Å²) < 4.78 is 11.6. The van der Waals surface area contributed by atoms with Crippen LogP contribution in [-0.2, 0) is 25.5 Å². The van der Waals surface area contributed by atoms with Crippen molar-refractivity contribution in [3.63, 3.8) is 0 Å². The summed E-state index contributed by atoms with van der Waals surface area (Å²) in [6.07, 6.45) is 0.128. The van der Waals surface area contributed by atoms with Gasteiger partial charge in [-0.15, -0.1) is 0 Å². The minimum Gasteiger partial charge on any atom is -0.481 e. The zero-order valence-corrected chi connectivity index (χ0v) is 27.7. The number of aromatic amines is 2. The molecule has 10 nitrogen and oxygen atoms in total. The van der Waals surface area contributed by atoms with Crippen molar-refractivity contribution in [1.82, 2.24) is 19.9 Å². The second-order valence-corrected chi connectivity index (χ2v) is 12.1. The molecule has 2 unspecified atom stereocenters. The topological polar surface area (TPSA) is 150 Å². The molecule has 10 heteroatoms. The van der Waals surface area contributed by atoms with E-state index in [4.69, 9.17) is 19.4 Å². The lowest BCUT2D eigenvalue weighted by Gasteiger charge is -2.12. The van der Waals surface area contributed by atoms with Crippen LogP contribution >= 0.6 is 0 Å². The minimum atomic E-state index is -0.887. The highest BCUT2D eigenvalue weighted by molar-refractivity contribution is 5.96. The first-order valence-electron chi connectivity index (χ1n) is 15.5. The van der Waals surface area contributed by atoms with Crippen molar-refractivity contribution in [3.8, 4) is 0 Å². The Bertz CT molecular complexity index is 1960. The van der Waals surface area contributed by atoms with E-state index in [0.29, 0.717) is 18.5 Å². The second-order valence-electron chi connectivity index (χ2n) is 12.1. The Morgan fingerprint density at radius 1 is 0.696 bits per heavy atom. The second kappa shape index (κ2) is 13.1. The number of H-pyrrole nitrogens is 2. The van der Waals surface area contributed by atoms with Gasteiger partial charge in [-0.25, -0.2) is 9.97 Å². The Morgan fingerprint density at radius 2 is 1.22 bits per heavy atom. The minimum absolute atomic E-state index is 0.0351. The molecular formula is C36H42N4O6. The van der Waals surface area contributed by atoms with Gasteiger partial charge in [-0.2, -0.15) is 0 Å². The molecule has 2 aliphatic rings. The van der Waals surface area contributed by atoms with Crippen LogP contribution in [0.4, 0.5) is 0 Å². The molecule has 0 aromatic carbocycles. The molecule has 0 amide bonds. The quantitative estimate of drug-likeness (QED) is 0.182. The van der Waals surface area contributed by atoms with Crippen molar-refractivity contribution in [2.24, 2.45) is 0 Å². The van der Waals surface area contributed by atoms with Gasteiger partial charge in [0, 0.05) is 60.3 Å². The molecule has 0 radical (unpaired) electrons. The molecule has 0 spiro atoms. The first-order valence-corrected chi connectivity index (χ1v) is 15.5. The van der Waals surface area contributed by atoms with Crippen LogP contribution in [-0.4, -0.2) is 62.4 Å². The average molecular weight is 627 g/mol. The number of aromatic nitrogens is 4. The van der Waals surface area contributed by atoms with E-state index < -0.39 is 11.9 Å². The molecule has 0 saturated heterocycles. The number of hydrogen-bond donors (Lipinski definition) is 4. The van der Waals surface area contributed by atoms with Crippen LogP contribution in [0.5, 0.6) is 0 Å². The molecule has 2 atom stereocenters. The van der Waals surface area contributed by atoms with Gasteiger partial charge in [0.1, 0.15) is 0 Å². The summed E-state index contributed by atoms with van der Waals surface area (Å²) >= 11 is 0. The fourth-order valence-electron chi connectivity index (χ4n) is 6.52. The third-order valence-corrected chi connectivity index (χ3v) is 9.33. The predicted molar refractivity (Wildman–Crippen MR) is 180 cm³/mol. The number of ether oxygens (including phenoxy) is 2. The van der Waals surface area contributed by atoms with Gasteiger partial charge in [0.25, 0.3) is 0 Å². The van der Waals surface area contributed by atoms with E-state index in [1.165, 1.54) is 0 Å². The summed E-state index contributed by atoms with van der Waals surface area (Å²) in [5.74, 6) is -1.77. The maximum Gasteiger partial charge on any atom is 0.303 e. The smallest absolute Gasteiger partial charge is 0.303 e. The number of nitrogens with one attached hydrogen (secondary N) is 2. The Balaban J connectivity index is 1.96. The normalized spacial score (nSPS) is 14.6. The van der Waals surface area contributed by atoms with Crippen molar-refractivity contribution in [2.75, 3.05) is 14.2 Å². The SMILES string of the molecule is COC(C)C1=C(C)c2cc3[nH]c(cc4nc(cc5[nH]c(cc1n2)c(C)c5CCC(=O)O)C(CCC(=O)O)=C4C)c(C)c3C(C)OC. The number of carbonyl (C=O) groups is 2. The molecular weight excluding hydrogens is 584 g/mol. The molecule has 5 rings (SSSR count). The summed E-state index contributed by atoms with van der Waals surface area (Å²) in [7, 11) is 3.37. The lowest BCUT2D eigenvalue weighted by atomic mass is 9.99. The summed E-state index contributed by atoms with van der Waals surface area (Å²) in [4.78, 5) is 40.5. The molecule has 0 fully saturated rings. The third kappa shape index (κ3) is 6.15. The summed E-state index contributed by atoms with van der Waals surface area (Å²) in [6, 6.07) is 7.97. The fraction of sp³-hybridized carbons (Fsp3) is 0.389. The predicted octanol–water partition coefficient (Wildman–Crippen LogP) is 7.42. The fourth-order valence-corrected chi connectivity index (χ4v) is 6.52. The Kier molecular flexibility index (Phi) is 9.32. The van der Waals surface area contributed by atoms with Gasteiger partial charge in [0.05, 0.1) is 35.0 Å². The lowest BCUT2D eigenvalue weighted by Crippen LogP contribution is -2.07. The number of carboxylic acids is 2. The molecule has 2 aliphatic heterocycles. The maximum atomic E-state index is 11.6. The number of nitrogens with zero attached hydrogens (tertiary/aromatic N) is 2. The van der Waals surface area contributed by atoms with Gasteiger partial charge < -0.3 is 29.7 Å². The van der Waals surface area contributed by atoms with Crippen molar-refractivity contribution >= 4 is 56.3 Å². The zero-order valence-electron chi connectivity index (χ0n) is 27.7. The molecule has 3 aromatic heterocycles. The van der Waals surface area contributed by atoms with Gasteiger partial charge in [0.2, 0.25) is 0 Å². The van der Waals surface area contributed by atoms with E-state index in [0.717, 1.165) is 83.7 Å². The van der Waals surface area contributed by atoms with Crippen molar-refractivity contribution in [2.45, 2.75) is 79.4 Å². The Morgan fingerprint density at radius 3 is 1.87 bits per heavy atom. The van der Waals surface area contributed by atoms with Gasteiger partial charge in [-0.05, 0) is 112 Å². The number of methoxy groups -OCH3 is 2. The van der Waals surface area contributed by atoms with Crippen LogP contribution in [0.1, 0.15) is 98.1 Å². The monoisotopic (exact) mass is 626 g/mol. The molecule has 46 heavy (non-hydrogen) atoms. The van der Waals surface area contributed by atoms with Gasteiger partial charge in [-0.1, -0.05) is 0 Å². The van der Waals surface area contributed by atoms with Crippen LogP contribution in [0.25, 0.3) is 44.4 Å². The highest BCUT2D eigenvalue weighted by atomic mass is 16.5. The molecule has 0 aliphatic carbocycles.